The van der Waals surface area contributed by atoms with Crippen LogP contribution in [0.2, 0.25) is 0 Å². The van der Waals surface area contributed by atoms with Crippen LogP contribution in [-0.4, -0.2) is 51.6 Å². The van der Waals surface area contributed by atoms with Crippen LogP contribution >= 0.6 is 0 Å². The lowest BCUT2D eigenvalue weighted by Gasteiger charge is -2.12. The van der Waals surface area contributed by atoms with Gasteiger partial charge in [0.2, 0.25) is 0 Å². The number of anilines is 1. The third kappa shape index (κ3) is 6.24. The largest absolute Gasteiger partial charge is 0.481 e. The van der Waals surface area contributed by atoms with Crippen molar-refractivity contribution in [3.8, 4) is 0 Å². The van der Waals surface area contributed by atoms with Crippen molar-refractivity contribution in [2.24, 2.45) is 5.92 Å². The van der Waals surface area contributed by atoms with Crippen LogP contribution in [0.4, 0.5) is 5.69 Å². The van der Waals surface area contributed by atoms with Gasteiger partial charge in [0.25, 0.3) is 0 Å². The Morgan fingerprint density at radius 2 is 1.76 bits per heavy atom. The van der Waals surface area contributed by atoms with Crippen molar-refractivity contribution in [3.05, 3.63) is 29.8 Å². The Kier molecular flexibility index (Phi) is 6.64. The zero-order chi connectivity index (χ0) is 15.8. The minimum atomic E-state index is -1.14. The highest BCUT2D eigenvalue weighted by molar-refractivity contribution is 5.78. The molecule has 0 aliphatic rings. The van der Waals surface area contributed by atoms with Crippen LogP contribution in [0.15, 0.2) is 24.3 Å². The first-order chi connectivity index (χ1) is 9.92. The van der Waals surface area contributed by atoms with Crippen molar-refractivity contribution in [2.45, 2.75) is 18.9 Å². The van der Waals surface area contributed by atoms with Gasteiger partial charge in [0.1, 0.15) is 0 Å². The molecule has 0 amide bonds. The highest BCUT2D eigenvalue weighted by Gasteiger charge is 2.21. The summed E-state index contributed by atoms with van der Waals surface area (Å²) in [6.07, 6.45) is -1.13. The summed E-state index contributed by atoms with van der Waals surface area (Å²) in [4.78, 5) is 21.6. The highest BCUT2D eigenvalue weighted by Crippen LogP contribution is 2.16. The van der Waals surface area contributed by atoms with Gasteiger partial charge in [0, 0.05) is 12.2 Å². The Morgan fingerprint density at radius 1 is 1.14 bits per heavy atom. The van der Waals surface area contributed by atoms with Crippen molar-refractivity contribution >= 4 is 17.6 Å². The number of rotatable bonds is 9. The van der Waals surface area contributed by atoms with Crippen LogP contribution < -0.4 is 5.32 Å². The third-order valence-electron chi connectivity index (χ3n) is 2.96. The maximum Gasteiger partial charge on any atom is 0.307 e. The van der Waals surface area contributed by atoms with Gasteiger partial charge in [-0.3, -0.25) is 9.59 Å². The molecule has 0 aliphatic heterocycles. The number of nitrogens with one attached hydrogen (secondary N) is 1. The number of hydrogen-bond donors (Lipinski definition) is 5. The van der Waals surface area contributed by atoms with E-state index in [9.17, 15) is 14.7 Å². The average Bonchev–Trinajstić information content (AvgIpc) is 2.44. The highest BCUT2D eigenvalue weighted by atomic mass is 16.4. The average molecular weight is 297 g/mol. The summed E-state index contributed by atoms with van der Waals surface area (Å²) >= 11 is 0. The molecule has 2 atom stereocenters. The molecular weight excluding hydrogens is 278 g/mol. The Hall–Kier alpha value is -2.12. The minimum absolute atomic E-state index is 0.140. The van der Waals surface area contributed by atoms with E-state index in [4.69, 9.17) is 15.3 Å². The molecule has 7 nitrogen and oxygen atoms in total. The molecule has 0 aromatic heterocycles. The van der Waals surface area contributed by atoms with E-state index < -0.39 is 30.4 Å². The molecule has 7 heteroatoms. The normalized spacial score (nSPS) is 13.4. The molecule has 0 saturated heterocycles. The molecule has 0 spiro atoms. The number of carboxylic acid groups (broad SMARTS) is 2. The molecule has 21 heavy (non-hydrogen) atoms. The van der Waals surface area contributed by atoms with E-state index in [2.05, 4.69) is 5.32 Å². The molecule has 5 N–H and O–H groups in total. The summed E-state index contributed by atoms with van der Waals surface area (Å²) in [5, 5.41) is 38.5. The maximum atomic E-state index is 11.0. The fourth-order valence-corrected chi connectivity index (χ4v) is 1.80. The molecule has 0 saturated carbocycles. The summed E-state index contributed by atoms with van der Waals surface area (Å²) in [6.45, 7) is -0.132. The van der Waals surface area contributed by atoms with Gasteiger partial charge in [-0.1, -0.05) is 12.1 Å². The molecule has 116 valence electrons. The van der Waals surface area contributed by atoms with Gasteiger partial charge in [0.15, 0.2) is 0 Å². The number of aliphatic hydroxyl groups excluding tert-OH is 2. The standard InChI is InChI=1S/C14H19NO6/c16-8-12(17)7-15-11-3-1-9(2-4-11)5-10(14(20)21)6-13(18)19/h1-4,10,12,15-17H,5-8H2,(H,18,19)(H,20,21). The van der Waals surface area contributed by atoms with Crippen molar-refractivity contribution in [2.75, 3.05) is 18.5 Å². The first-order valence-electron chi connectivity index (χ1n) is 6.48. The van der Waals surface area contributed by atoms with Gasteiger partial charge in [-0.15, -0.1) is 0 Å². The van der Waals surface area contributed by atoms with E-state index >= 15 is 0 Å². The van der Waals surface area contributed by atoms with Crippen LogP contribution in [0.25, 0.3) is 0 Å². The zero-order valence-corrected chi connectivity index (χ0v) is 11.4. The summed E-state index contributed by atoms with van der Waals surface area (Å²) in [5.41, 5.74) is 1.44. The fraction of sp³-hybridized carbons (Fsp3) is 0.429. The molecule has 0 heterocycles. The summed E-state index contributed by atoms with van der Waals surface area (Å²) < 4.78 is 0. The van der Waals surface area contributed by atoms with E-state index in [1.54, 1.807) is 24.3 Å². The van der Waals surface area contributed by atoms with E-state index in [1.165, 1.54) is 0 Å². The number of benzene rings is 1. The lowest BCUT2D eigenvalue weighted by molar-refractivity contribution is -0.148. The molecule has 2 unspecified atom stereocenters. The number of aliphatic carboxylic acids is 2. The number of hydrogen-bond acceptors (Lipinski definition) is 5. The zero-order valence-electron chi connectivity index (χ0n) is 11.4. The van der Waals surface area contributed by atoms with Gasteiger partial charge in [-0.25, -0.2) is 0 Å². The second-order valence-corrected chi connectivity index (χ2v) is 4.75. The molecule has 1 aromatic rings. The van der Waals surface area contributed by atoms with E-state index in [1.807, 2.05) is 0 Å². The van der Waals surface area contributed by atoms with Crippen LogP contribution in [-0.2, 0) is 16.0 Å². The lowest BCUT2D eigenvalue weighted by Crippen LogP contribution is -2.23. The Morgan fingerprint density at radius 3 is 2.24 bits per heavy atom. The predicted molar refractivity (Wildman–Crippen MR) is 75.1 cm³/mol. The van der Waals surface area contributed by atoms with Crippen molar-refractivity contribution in [3.63, 3.8) is 0 Å². The minimum Gasteiger partial charge on any atom is -0.481 e. The first kappa shape index (κ1) is 16.9. The van der Waals surface area contributed by atoms with Gasteiger partial charge in [0.05, 0.1) is 25.0 Å². The quantitative estimate of drug-likeness (QED) is 0.439. The Balaban J connectivity index is 2.60. The Labute approximate surface area is 121 Å². The predicted octanol–water partition coefficient (Wildman–Crippen LogP) is 0.170. The van der Waals surface area contributed by atoms with Crippen molar-refractivity contribution in [1.29, 1.82) is 0 Å². The number of carboxylic acids is 2. The van der Waals surface area contributed by atoms with E-state index in [0.29, 0.717) is 0 Å². The van der Waals surface area contributed by atoms with Crippen molar-refractivity contribution < 1.29 is 30.0 Å². The summed E-state index contributed by atoms with van der Waals surface area (Å²) in [7, 11) is 0. The fourth-order valence-electron chi connectivity index (χ4n) is 1.80. The maximum absolute atomic E-state index is 11.0. The molecule has 1 aromatic carbocycles. The van der Waals surface area contributed by atoms with Gasteiger partial charge in [-0.2, -0.15) is 0 Å². The smallest absolute Gasteiger partial charge is 0.307 e. The van der Waals surface area contributed by atoms with Crippen LogP contribution in [0.1, 0.15) is 12.0 Å². The third-order valence-corrected chi connectivity index (χ3v) is 2.96. The molecule has 0 bridgehead atoms. The molecular formula is C14H19NO6. The first-order valence-corrected chi connectivity index (χ1v) is 6.48. The van der Waals surface area contributed by atoms with Gasteiger partial charge < -0.3 is 25.7 Å². The molecule has 0 radical (unpaired) electrons. The molecule has 1 rings (SSSR count). The van der Waals surface area contributed by atoms with Crippen LogP contribution in [0.3, 0.4) is 0 Å². The topological polar surface area (TPSA) is 127 Å². The SMILES string of the molecule is O=C(O)CC(Cc1ccc(NCC(O)CO)cc1)C(=O)O. The molecule has 0 fully saturated rings. The van der Waals surface area contributed by atoms with Crippen LogP contribution in [0.5, 0.6) is 0 Å². The summed E-state index contributed by atoms with van der Waals surface area (Å²) in [5.74, 6) is -3.23. The van der Waals surface area contributed by atoms with Gasteiger partial charge in [-0.05, 0) is 24.1 Å². The van der Waals surface area contributed by atoms with Gasteiger partial charge >= 0.3 is 11.9 Å². The molecule has 0 aliphatic carbocycles. The van der Waals surface area contributed by atoms with E-state index in [-0.39, 0.29) is 19.6 Å². The monoisotopic (exact) mass is 297 g/mol. The van der Waals surface area contributed by atoms with E-state index in [0.717, 1.165) is 11.3 Å². The lowest BCUT2D eigenvalue weighted by atomic mass is 9.96. The number of carbonyl (C=O) groups is 2. The second kappa shape index (κ2) is 8.23. The van der Waals surface area contributed by atoms with Crippen LogP contribution in [0, 0.1) is 5.92 Å². The number of aliphatic hydroxyl groups is 2. The van der Waals surface area contributed by atoms with Crippen molar-refractivity contribution in [1.82, 2.24) is 0 Å². The second-order valence-electron chi connectivity index (χ2n) is 4.75. The Bertz CT molecular complexity index is 473. The summed E-state index contributed by atoms with van der Waals surface area (Å²) in [6, 6.07) is 6.81.